The van der Waals surface area contributed by atoms with Gasteiger partial charge in [-0.3, -0.25) is 14.4 Å². The number of amides is 2. The first-order chi connectivity index (χ1) is 15.3. The Bertz CT molecular complexity index is 980. The molecule has 172 valence electrons. The van der Waals surface area contributed by atoms with Crippen molar-refractivity contribution in [1.82, 2.24) is 9.78 Å². The smallest absolute Gasteiger partial charge is 0.414 e. The molecular formula is C24H32N4O4. The van der Waals surface area contributed by atoms with Crippen LogP contribution in [-0.4, -0.2) is 53.7 Å². The van der Waals surface area contributed by atoms with Gasteiger partial charge in [0.1, 0.15) is 0 Å². The molecule has 0 N–H and O–H groups in total. The monoisotopic (exact) mass is 440 g/mol. The van der Waals surface area contributed by atoms with E-state index in [2.05, 4.69) is 5.10 Å². The van der Waals surface area contributed by atoms with Crippen LogP contribution in [0.4, 0.5) is 16.2 Å². The summed E-state index contributed by atoms with van der Waals surface area (Å²) in [5.41, 5.74) is 3.32. The minimum atomic E-state index is -0.399. The number of benzene rings is 1. The molecule has 32 heavy (non-hydrogen) atoms. The number of fused-ring (bicyclic) bond motifs is 1. The molecule has 2 aromatic rings. The predicted octanol–water partition coefficient (Wildman–Crippen LogP) is 4.08. The molecule has 2 aliphatic rings. The van der Waals surface area contributed by atoms with E-state index in [-0.39, 0.29) is 18.1 Å². The van der Waals surface area contributed by atoms with Crippen molar-refractivity contribution in [2.45, 2.75) is 59.2 Å². The summed E-state index contributed by atoms with van der Waals surface area (Å²) in [6.07, 6.45) is 5.39. The molecule has 1 aromatic heterocycles. The van der Waals surface area contributed by atoms with Gasteiger partial charge in [-0.1, -0.05) is 6.07 Å². The number of hydrogen-bond acceptors (Lipinski definition) is 5. The highest BCUT2D eigenvalue weighted by Crippen LogP contribution is 2.39. The summed E-state index contributed by atoms with van der Waals surface area (Å²) >= 11 is 0. The fourth-order valence-electron chi connectivity index (χ4n) is 4.53. The van der Waals surface area contributed by atoms with Crippen molar-refractivity contribution < 1.29 is 19.1 Å². The van der Waals surface area contributed by atoms with Crippen molar-refractivity contribution in [2.24, 2.45) is 5.92 Å². The summed E-state index contributed by atoms with van der Waals surface area (Å²) in [4.78, 5) is 28.6. The van der Waals surface area contributed by atoms with Gasteiger partial charge >= 0.3 is 6.09 Å². The second-order valence-corrected chi connectivity index (χ2v) is 8.99. The zero-order valence-corrected chi connectivity index (χ0v) is 19.3. The van der Waals surface area contributed by atoms with E-state index in [1.54, 1.807) is 16.7 Å². The third kappa shape index (κ3) is 4.65. The van der Waals surface area contributed by atoms with Crippen LogP contribution in [0, 0.1) is 5.92 Å². The molecule has 1 aromatic carbocycles. The lowest BCUT2D eigenvalue weighted by Crippen LogP contribution is -2.51. The number of nitrogens with zero attached hydrogens (tertiary/aromatic N) is 4. The number of aromatic nitrogens is 2. The van der Waals surface area contributed by atoms with Crippen LogP contribution in [0.3, 0.4) is 0 Å². The molecule has 0 radical (unpaired) electrons. The fourth-order valence-corrected chi connectivity index (χ4v) is 4.53. The Hall–Kier alpha value is -2.87. The van der Waals surface area contributed by atoms with Crippen LogP contribution in [0.5, 0.6) is 0 Å². The highest BCUT2D eigenvalue weighted by atomic mass is 16.6. The Morgan fingerprint density at radius 3 is 2.62 bits per heavy atom. The van der Waals surface area contributed by atoms with Crippen molar-refractivity contribution in [3.8, 4) is 11.1 Å². The van der Waals surface area contributed by atoms with Crippen LogP contribution in [0.2, 0.25) is 0 Å². The first-order valence-corrected chi connectivity index (χ1v) is 11.4. The SMILES string of the molecule is CC(=O)N1c2ccc(-c3cnn(CC4CCOCC4)c3)cc2N(C(=O)OC(C)C)C[C@@H]1C. The van der Waals surface area contributed by atoms with Gasteiger partial charge in [0.25, 0.3) is 0 Å². The van der Waals surface area contributed by atoms with Crippen molar-refractivity contribution in [2.75, 3.05) is 29.6 Å². The van der Waals surface area contributed by atoms with Crippen molar-refractivity contribution in [1.29, 1.82) is 0 Å². The molecule has 2 aliphatic heterocycles. The molecule has 1 saturated heterocycles. The topological polar surface area (TPSA) is 76.9 Å². The molecule has 8 nitrogen and oxygen atoms in total. The van der Waals surface area contributed by atoms with E-state index in [1.807, 2.05) is 56.0 Å². The number of hydrogen-bond donors (Lipinski definition) is 0. The van der Waals surface area contributed by atoms with Crippen LogP contribution >= 0.6 is 0 Å². The number of carbonyl (C=O) groups is 2. The van der Waals surface area contributed by atoms with Crippen LogP contribution in [0.15, 0.2) is 30.6 Å². The second-order valence-electron chi connectivity index (χ2n) is 8.99. The van der Waals surface area contributed by atoms with Gasteiger partial charge in [-0.05, 0) is 57.2 Å². The van der Waals surface area contributed by atoms with Crippen molar-refractivity contribution in [3.63, 3.8) is 0 Å². The van der Waals surface area contributed by atoms with Gasteiger partial charge in [0.05, 0.1) is 29.7 Å². The third-order valence-corrected chi connectivity index (χ3v) is 6.06. The van der Waals surface area contributed by atoms with Crippen LogP contribution in [0.25, 0.3) is 11.1 Å². The maximum atomic E-state index is 12.8. The normalized spacial score (nSPS) is 19.2. The van der Waals surface area contributed by atoms with E-state index in [0.29, 0.717) is 18.2 Å². The quantitative estimate of drug-likeness (QED) is 0.716. The van der Waals surface area contributed by atoms with E-state index < -0.39 is 6.09 Å². The Kier molecular flexibility index (Phi) is 6.50. The Balaban J connectivity index is 1.64. The number of rotatable bonds is 4. The van der Waals surface area contributed by atoms with E-state index >= 15 is 0 Å². The lowest BCUT2D eigenvalue weighted by atomic mass is 10.0. The summed E-state index contributed by atoms with van der Waals surface area (Å²) in [7, 11) is 0. The fraction of sp³-hybridized carbons (Fsp3) is 0.542. The molecule has 0 bridgehead atoms. The molecule has 2 amide bonds. The third-order valence-electron chi connectivity index (χ3n) is 6.06. The average molecular weight is 441 g/mol. The number of ether oxygens (including phenoxy) is 2. The van der Waals surface area contributed by atoms with Gasteiger partial charge in [-0.2, -0.15) is 5.10 Å². The zero-order valence-electron chi connectivity index (χ0n) is 19.3. The molecule has 4 rings (SSSR count). The molecule has 1 fully saturated rings. The molecule has 1 atom stereocenters. The summed E-state index contributed by atoms with van der Waals surface area (Å²) in [5, 5.41) is 4.55. The largest absolute Gasteiger partial charge is 0.446 e. The maximum absolute atomic E-state index is 12.8. The maximum Gasteiger partial charge on any atom is 0.414 e. The van der Waals surface area contributed by atoms with Gasteiger partial charge in [-0.25, -0.2) is 4.79 Å². The van der Waals surface area contributed by atoms with Crippen LogP contribution in [0.1, 0.15) is 40.5 Å². The molecule has 8 heteroatoms. The first-order valence-electron chi connectivity index (χ1n) is 11.4. The molecule has 0 aliphatic carbocycles. The van der Waals surface area contributed by atoms with Gasteiger partial charge in [-0.15, -0.1) is 0 Å². The molecule has 3 heterocycles. The molecule has 0 saturated carbocycles. The second kappa shape index (κ2) is 9.32. The van der Waals surface area contributed by atoms with Crippen molar-refractivity contribution in [3.05, 3.63) is 30.6 Å². The Labute approximate surface area is 189 Å². The van der Waals surface area contributed by atoms with Crippen molar-refractivity contribution >= 4 is 23.4 Å². The van der Waals surface area contributed by atoms with Gasteiger partial charge in [0, 0.05) is 45.0 Å². The molecular weight excluding hydrogens is 408 g/mol. The van der Waals surface area contributed by atoms with Crippen LogP contribution in [-0.2, 0) is 20.8 Å². The summed E-state index contributed by atoms with van der Waals surface area (Å²) in [5.74, 6) is 0.527. The molecule has 0 unspecified atom stereocenters. The highest BCUT2D eigenvalue weighted by molar-refractivity contribution is 6.03. The predicted molar refractivity (Wildman–Crippen MR) is 123 cm³/mol. The first kappa shape index (κ1) is 22.3. The van der Waals surface area contributed by atoms with Gasteiger partial charge in [0.15, 0.2) is 0 Å². The summed E-state index contributed by atoms with van der Waals surface area (Å²) in [6, 6.07) is 5.70. The highest BCUT2D eigenvalue weighted by Gasteiger charge is 2.35. The summed E-state index contributed by atoms with van der Waals surface area (Å²) < 4.78 is 12.9. The minimum Gasteiger partial charge on any atom is -0.446 e. The van der Waals surface area contributed by atoms with Gasteiger partial charge < -0.3 is 14.4 Å². The Morgan fingerprint density at radius 1 is 1.19 bits per heavy atom. The lowest BCUT2D eigenvalue weighted by Gasteiger charge is -2.40. The minimum absolute atomic E-state index is 0.0485. The Morgan fingerprint density at radius 2 is 1.94 bits per heavy atom. The van der Waals surface area contributed by atoms with E-state index in [1.165, 1.54) is 0 Å². The van der Waals surface area contributed by atoms with Gasteiger partial charge in [0.2, 0.25) is 5.91 Å². The number of anilines is 2. The van der Waals surface area contributed by atoms with E-state index in [0.717, 1.165) is 49.4 Å². The van der Waals surface area contributed by atoms with E-state index in [9.17, 15) is 9.59 Å². The summed E-state index contributed by atoms with van der Waals surface area (Å²) in [6.45, 7) is 10.0. The standard InChI is InChI=1S/C24H32N4O4/c1-16(2)32-24(30)27-13-17(3)28(18(4)29)22-6-5-20(11-23(22)27)21-12-25-26(15-21)14-19-7-9-31-10-8-19/h5-6,11-12,15-17,19H,7-10,13-14H2,1-4H3/t17-/m0/s1. The molecule has 0 spiro atoms. The zero-order chi connectivity index (χ0) is 22.8. The number of carbonyl (C=O) groups excluding carboxylic acids is 2. The van der Waals surface area contributed by atoms with E-state index in [4.69, 9.17) is 9.47 Å². The lowest BCUT2D eigenvalue weighted by molar-refractivity contribution is -0.117. The average Bonchev–Trinajstić information content (AvgIpc) is 3.21. The van der Waals surface area contributed by atoms with Crippen LogP contribution < -0.4 is 9.80 Å².